The zero-order valence-electron chi connectivity index (χ0n) is 15.3. The monoisotopic (exact) mass is 368 g/mol. The number of ether oxygens (including phenoxy) is 2. The number of benzene rings is 2. The lowest BCUT2D eigenvalue weighted by atomic mass is 10.2. The van der Waals surface area contributed by atoms with E-state index in [1.165, 1.54) is 0 Å². The van der Waals surface area contributed by atoms with Crippen LogP contribution in [0.3, 0.4) is 0 Å². The maximum atomic E-state index is 10.4. The highest BCUT2D eigenvalue weighted by Crippen LogP contribution is 2.15. The molecule has 1 N–H and O–H groups in total. The van der Waals surface area contributed by atoms with Crippen molar-refractivity contribution in [1.82, 2.24) is 0 Å². The van der Waals surface area contributed by atoms with Gasteiger partial charge in [0.2, 0.25) is 0 Å². The Morgan fingerprint density at radius 2 is 1.74 bits per heavy atom. The van der Waals surface area contributed by atoms with Crippen molar-refractivity contribution in [3.63, 3.8) is 0 Å². The van der Waals surface area contributed by atoms with Crippen molar-refractivity contribution in [1.29, 1.82) is 0 Å². The van der Waals surface area contributed by atoms with Crippen molar-refractivity contribution in [3.05, 3.63) is 84.5 Å². The van der Waals surface area contributed by atoms with E-state index in [2.05, 4.69) is 11.3 Å². The van der Waals surface area contributed by atoms with Crippen molar-refractivity contribution in [2.45, 2.75) is 20.0 Å². The molecule has 0 heterocycles. The zero-order chi connectivity index (χ0) is 19.9. The Bertz CT molecular complexity index is 733. The minimum Gasteiger partial charge on any atom is -0.489 e. The Morgan fingerprint density at radius 1 is 1.07 bits per heavy atom. The highest BCUT2D eigenvalue weighted by atomic mass is 16.5. The van der Waals surface area contributed by atoms with Gasteiger partial charge in [0.15, 0.2) is 0 Å². The number of carboxylic acids is 1. The molecule has 27 heavy (non-hydrogen) atoms. The lowest BCUT2D eigenvalue weighted by Gasteiger charge is -2.06. The number of aliphatic carboxylic acids is 1. The van der Waals surface area contributed by atoms with Crippen molar-refractivity contribution < 1.29 is 24.2 Å². The molecular formula is C22H24O5. The van der Waals surface area contributed by atoms with Gasteiger partial charge in [-0.3, -0.25) is 0 Å². The molecule has 0 aromatic heterocycles. The number of hydrogen-bond donors (Lipinski definition) is 1. The van der Waals surface area contributed by atoms with Crippen LogP contribution in [0.25, 0.3) is 6.08 Å². The van der Waals surface area contributed by atoms with Gasteiger partial charge in [0.05, 0.1) is 6.61 Å². The molecule has 2 rings (SSSR count). The van der Waals surface area contributed by atoms with Gasteiger partial charge in [0, 0.05) is 12.2 Å². The summed E-state index contributed by atoms with van der Waals surface area (Å²) in [6.45, 7) is 6.19. The Morgan fingerprint density at radius 3 is 2.30 bits per heavy atom. The van der Waals surface area contributed by atoms with Crippen LogP contribution in [0.4, 0.5) is 0 Å². The number of carbonyl (C=O) groups is 2. The van der Waals surface area contributed by atoms with Gasteiger partial charge in [-0.25, -0.2) is 9.59 Å². The molecule has 2 aromatic carbocycles. The Labute approximate surface area is 159 Å². The normalized spacial score (nSPS) is 9.81. The molecule has 0 aliphatic heterocycles. The fourth-order valence-corrected chi connectivity index (χ4v) is 1.85. The molecule has 0 atom stereocenters. The second-order valence-corrected chi connectivity index (χ2v) is 5.39. The number of hydrogen-bond acceptors (Lipinski definition) is 4. The Balaban J connectivity index is 0.000000387. The molecule has 0 spiro atoms. The van der Waals surface area contributed by atoms with Crippen LogP contribution in [0.15, 0.2) is 73.3 Å². The third-order valence-corrected chi connectivity index (χ3v) is 3.16. The second kappa shape index (κ2) is 12.9. The van der Waals surface area contributed by atoms with Crippen LogP contribution in [0.5, 0.6) is 5.75 Å². The molecule has 0 aliphatic carbocycles. The largest absolute Gasteiger partial charge is 0.489 e. The number of carbonyl (C=O) groups excluding carboxylic acids is 1. The van der Waals surface area contributed by atoms with Gasteiger partial charge >= 0.3 is 11.9 Å². The molecule has 0 unspecified atom stereocenters. The third kappa shape index (κ3) is 10.3. The third-order valence-electron chi connectivity index (χ3n) is 3.16. The number of rotatable bonds is 8. The van der Waals surface area contributed by atoms with E-state index in [9.17, 15) is 9.59 Å². The smallest absolute Gasteiger partial charge is 0.330 e. The lowest BCUT2D eigenvalue weighted by Crippen LogP contribution is -1.99. The summed E-state index contributed by atoms with van der Waals surface area (Å²) in [5.41, 5.74) is 1.94. The maximum Gasteiger partial charge on any atom is 0.330 e. The van der Waals surface area contributed by atoms with E-state index in [1.807, 2.05) is 61.5 Å². The van der Waals surface area contributed by atoms with Crippen LogP contribution in [0.2, 0.25) is 0 Å². The zero-order valence-corrected chi connectivity index (χ0v) is 15.3. The van der Waals surface area contributed by atoms with Gasteiger partial charge in [-0.15, -0.1) is 0 Å². The molecular weight excluding hydrogens is 344 g/mol. The fourth-order valence-electron chi connectivity index (χ4n) is 1.85. The molecule has 2 aromatic rings. The van der Waals surface area contributed by atoms with Crippen LogP contribution in [-0.2, 0) is 20.9 Å². The van der Waals surface area contributed by atoms with Gasteiger partial charge in [0.25, 0.3) is 0 Å². The molecule has 0 fully saturated rings. The van der Waals surface area contributed by atoms with Crippen LogP contribution < -0.4 is 4.74 Å². The van der Waals surface area contributed by atoms with E-state index in [-0.39, 0.29) is 5.97 Å². The van der Waals surface area contributed by atoms with Gasteiger partial charge in [-0.2, -0.15) is 0 Å². The van der Waals surface area contributed by atoms with E-state index < -0.39 is 5.97 Å². The summed E-state index contributed by atoms with van der Waals surface area (Å²) in [5, 5.41) is 8.53. The quantitative estimate of drug-likeness (QED) is 0.549. The predicted molar refractivity (Wildman–Crippen MR) is 105 cm³/mol. The molecule has 5 heteroatoms. The van der Waals surface area contributed by atoms with Gasteiger partial charge < -0.3 is 14.6 Å². The number of carboxylic acid groups (broad SMARTS) is 1. The van der Waals surface area contributed by atoms with Gasteiger partial charge in [-0.05, 0) is 35.8 Å². The Kier molecular flexibility index (Phi) is 10.4. The SMILES string of the molecule is C=CC(=O)OCCC.O=C(O)C=Cc1ccc(OCc2ccccc2)cc1. The predicted octanol–water partition coefficient (Wildman–Crippen LogP) is 4.49. The highest BCUT2D eigenvalue weighted by molar-refractivity contribution is 5.85. The summed E-state index contributed by atoms with van der Waals surface area (Å²) in [5.74, 6) is -0.535. The minimum absolute atomic E-state index is 0.341. The summed E-state index contributed by atoms with van der Waals surface area (Å²) in [6.07, 6.45) is 4.68. The fraction of sp³-hybridized carbons (Fsp3) is 0.182. The van der Waals surface area contributed by atoms with E-state index in [0.29, 0.717) is 13.2 Å². The average Bonchev–Trinajstić information content (AvgIpc) is 2.71. The lowest BCUT2D eigenvalue weighted by molar-refractivity contribution is -0.137. The Hall–Kier alpha value is -3.34. The molecule has 0 saturated heterocycles. The van der Waals surface area contributed by atoms with E-state index >= 15 is 0 Å². The van der Waals surface area contributed by atoms with Crippen molar-refractivity contribution in [3.8, 4) is 5.75 Å². The molecule has 142 valence electrons. The van der Waals surface area contributed by atoms with E-state index in [4.69, 9.17) is 9.84 Å². The van der Waals surface area contributed by atoms with Crippen molar-refractivity contribution in [2.24, 2.45) is 0 Å². The van der Waals surface area contributed by atoms with E-state index in [0.717, 1.165) is 35.4 Å². The van der Waals surface area contributed by atoms with Crippen molar-refractivity contribution >= 4 is 18.0 Å². The first kappa shape index (κ1) is 21.7. The summed E-state index contributed by atoms with van der Waals surface area (Å²) in [4.78, 5) is 20.6. The summed E-state index contributed by atoms with van der Waals surface area (Å²) in [6, 6.07) is 17.2. The standard InChI is InChI=1S/C16H14O3.C6H10O2/c17-16(18)11-8-13-6-9-15(10-7-13)19-12-14-4-2-1-3-5-14;1-3-5-8-6(7)4-2/h1-11H,12H2,(H,17,18);4H,2-3,5H2,1H3. The average molecular weight is 368 g/mol. The molecule has 5 nitrogen and oxygen atoms in total. The van der Waals surface area contributed by atoms with Crippen molar-refractivity contribution in [2.75, 3.05) is 6.61 Å². The maximum absolute atomic E-state index is 10.4. The van der Waals surface area contributed by atoms with E-state index in [1.54, 1.807) is 6.08 Å². The molecule has 0 saturated carbocycles. The first-order valence-corrected chi connectivity index (χ1v) is 8.52. The van der Waals surface area contributed by atoms with Crippen LogP contribution in [0, 0.1) is 0 Å². The first-order chi connectivity index (χ1) is 13.0. The minimum atomic E-state index is -0.954. The van der Waals surface area contributed by atoms with Crippen LogP contribution >= 0.6 is 0 Å². The van der Waals surface area contributed by atoms with Crippen LogP contribution in [-0.4, -0.2) is 23.7 Å². The number of esters is 1. The van der Waals surface area contributed by atoms with Crippen LogP contribution in [0.1, 0.15) is 24.5 Å². The molecule has 0 radical (unpaired) electrons. The second-order valence-electron chi connectivity index (χ2n) is 5.39. The highest BCUT2D eigenvalue weighted by Gasteiger charge is 1.96. The topological polar surface area (TPSA) is 72.8 Å². The molecule has 0 bridgehead atoms. The molecule has 0 aliphatic rings. The summed E-state index contributed by atoms with van der Waals surface area (Å²) >= 11 is 0. The first-order valence-electron chi connectivity index (χ1n) is 8.52. The van der Waals surface area contributed by atoms with Gasteiger partial charge in [-0.1, -0.05) is 56.0 Å². The summed E-state index contributed by atoms with van der Waals surface area (Å²) in [7, 11) is 0. The molecule has 0 amide bonds. The summed E-state index contributed by atoms with van der Waals surface area (Å²) < 4.78 is 10.2. The van der Waals surface area contributed by atoms with Gasteiger partial charge in [0.1, 0.15) is 12.4 Å².